The molecule has 30 heavy (non-hydrogen) atoms. The van der Waals surface area contributed by atoms with Crippen LogP contribution in [0.4, 0.5) is 0 Å². The van der Waals surface area contributed by atoms with Crippen LogP contribution in [-0.4, -0.2) is 55.4 Å². The fourth-order valence-electron chi connectivity index (χ4n) is 2.87. The third-order valence-corrected chi connectivity index (χ3v) is 8.10. The number of halogens is 1. The van der Waals surface area contributed by atoms with Gasteiger partial charge >= 0.3 is 0 Å². The molecule has 0 aliphatic heterocycles. The van der Waals surface area contributed by atoms with Crippen molar-refractivity contribution >= 4 is 43.2 Å². The summed E-state index contributed by atoms with van der Waals surface area (Å²) in [5.74, 6) is -1.16. The summed E-state index contributed by atoms with van der Waals surface area (Å²) in [7, 11) is -6.14. The molecule has 1 amide bonds. The van der Waals surface area contributed by atoms with Gasteiger partial charge in [0.15, 0.2) is 15.6 Å². The maximum atomic E-state index is 12.9. The maximum absolute atomic E-state index is 12.9. The summed E-state index contributed by atoms with van der Waals surface area (Å²) in [5, 5.41) is 3.85. The van der Waals surface area contributed by atoms with Crippen LogP contribution >= 0.6 is 11.6 Å². The third-order valence-electron chi connectivity index (χ3n) is 4.38. The molecule has 0 spiro atoms. The minimum Gasteiger partial charge on any atom is -0.294 e. The summed E-state index contributed by atoms with van der Waals surface area (Å²) in [5.41, 5.74) is 0.392. The van der Waals surface area contributed by atoms with E-state index >= 15 is 0 Å². The lowest BCUT2D eigenvalue weighted by Crippen LogP contribution is -2.37. The van der Waals surface area contributed by atoms with Crippen LogP contribution in [0.5, 0.6) is 0 Å². The number of benzene rings is 1. The van der Waals surface area contributed by atoms with Crippen LogP contribution in [0.1, 0.15) is 35.8 Å². The minimum atomic E-state index is -4.23. The van der Waals surface area contributed by atoms with Crippen LogP contribution in [-0.2, 0) is 31.7 Å². The SMILES string of the molecule is CCN(C(=O)CCC(=O)c1ccc(S(C)(=O)=O)cc1)S(=O)(=O)c1c(C)nn(C)c1Cl. The molecule has 0 radical (unpaired) electrons. The Morgan fingerprint density at radius 3 is 2.10 bits per heavy atom. The van der Waals surface area contributed by atoms with E-state index in [4.69, 9.17) is 11.6 Å². The molecule has 0 N–H and O–H groups in total. The second-order valence-electron chi connectivity index (χ2n) is 6.61. The largest absolute Gasteiger partial charge is 0.294 e. The van der Waals surface area contributed by atoms with Crippen molar-refractivity contribution in [2.75, 3.05) is 12.8 Å². The summed E-state index contributed by atoms with van der Waals surface area (Å²) in [6.07, 6.45) is 0.484. The van der Waals surface area contributed by atoms with Gasteiger partial charge in [-0.05, 0) is 26.0 Å². The van der Waals surface area contributed by atoms with E-state index in [1.54, 1.807) is 0 Å². The van der Waals surface area contributed by atoms with Crippen LogP contribution in [0, 0.1) is 6.92 Å². The van der Waals surface area contributed by atoms with E-state index in [-0.39, 0.29) is 45.6 Å². The molecule has 1 aromatic heterocycles. The molecule has 164 valence electrons. The normalized spacial score (nSPS) is 12.0. The first-order chi connectivity index (χ1) is 13.8. The molecule has 0 fully saturated rings. The lowest BCUT2D eigenvalue weighted by Gasteiger charge is -2.20. The molecule has 0 aliphatic rings. The number of aryl methyl sites for hydroxylation is 2. The Morgan fingerprint density at radius 2 is 1.67 bits per heavy atom. The topological polar surface area (TPSA) is 123 Å². The Bertz CT molecular complexity index is 1190. The first-order valence-corrected chi connectivity index (χ1v) is 12.6. The van der Waals surface area contributed by atoms with Gasteiger partial charge in [0.1, 0.15) is 10.0 Å². The molecule has 0 aliphatic carbocycles. The van der Waals surface area contributed by atoms with Crippen molar-refractivity contribution in [2.24, 2.45) is 7.05 Å². The van der Waals surface area contributed by atoms with E-state index in [1.807, 2.05) is 0 Å². The number of nitrogens with zero attached hydrogens (tertiary/aromatic N) is 3. The van der Waals surface area contributed by atoms with E-state index < -0.39 is 31.6 Å². The summed E-state index contributed by atoms with van der Waals surface area (Å²) < 4.78 is 50.7. The van der Waals surface area contributed by atoms with Gasteiger partial charge in [-0.1, -0.05) is 23.7 Å². The van der Waals surface area contributed by atoms with Gasteiger partial charge in [-0.3, -0.25) is 14.3 Å². The Balaban J connectivity index is 2.16. The lowest BCUT2D eigenvalue weighted by atomic mass is 10.1. The number of sulfone groups is 1. The zero-order chi connectivity index (χ0) is 22.9. The molecule has 2 rings (SSSR count). The van der Waals surface area contributed by atoms with E-state index in [0.29, 0.717) is 4.31 Å². The smallest absolute Gasteiger partial charge is 0.271 e. The molecule has 0 bridgehead atoms. The van der Waals surface area contributed by atoms with Crippen molar-refractivity contribution < 1.29 is 26.4 Å². The fourth-order valence-corrected chi connectivity index (χ4v) is 5.65. The number of sulfonamides is 1. The third kappa shape index (κ3) is 4.90. The van der Waals surface area contributed by atoms with Crippen molar-refractivity contribution in [1.82, 2.24) is 14.1 Å². The standard InChI is InChI=1S/C18H22ClN3O6S2/c1-5-22(30(27,28)17-12(2)20-21(3)18(17)19)16(24)11-10-15(23)13-6-8-14(9-7-13)29(4,25)26/h6-9H,5,10-11H2,1-4H3. The first kappa shape index (κ1) is 24.0. The maximum Gasteiger partial charge on any atom is 0.271 e. The average Bonchev–Trinajstić information content (AvgIpc) is 2.91. The number of ketones is 1. The van der Waals surface area contributed by atoms with Crippen molar-refractivity contribution in [3.63, 3.8) is 0 Å². The first-order valence-electron chi connectivity index (χ1n) is 8.88. The number of hydrogen-bond acceptors (Lipinski definition) is 7. The highest BCUT2D eigenvalue weighted by Crippen LogP contribution is 2.28. The molecular formula is C18H22ClN3O6S2. The Labute approximate surface area is 180 Å². The van der Waals surface area contributed by atoms with Crippen LogP contribution in [0.2, 0.25) is 5.15 Å². The van der Waals surface area contributed by atoms with E-state index in [0.717, 1.165) is 6.26 Å². The highest BCUT2D eigenvalue weighted by Gasteiger charge is 2.33. The molecule has 2 aromatic rings. The van der Waals surface area contributed by atoms with Crippen LogP contribution < -0.4 is 0 Å². The van der Waals surface area contributed by atoms with E-state index in [2.05, 4.69) is 5.10 Å². The van der Waals surface area contributed by atoms with Crippen molar-refractivity contribution in [1.29, 1.82) is 0 Å². The van der Waals surface area contributed by atoms with Crippen molar-refractivity contribution in [3.05, 3.63) is 40.7 Å². The molecule has 0 atom stereocenters. The average molecular weight is 476 g/mol. The summed E-state index contributed by atoms with van der Waals surface area (Å²) in [4.78, 5) is 24.8. The summed E-state index contributed by atoms with van der Waals surface area (Å²) in [6.45, 7) is 2.84. The molecule has 0 saturated heterocycles. The fraction of sp³-hybridized carbons (Fsp3) is 0.389. The summed E-state index contributed by atoms with van der Waals surface area (Å²) in [6, 6.07) is 5.33. The number of carbonyl (C=O) groups is 2. The molecule has 9 nitrogen and oxygen atoms in total. The Kier molecular flexibility index (Phi) is 7.10. The Hall–Kier alpha value is -2.24. The lowest BCUT2D eigenvalue weighted by molar-refractivity contribution is -0.126. The number of aromatic nitrogens is 2. The predicted octanol–water partition coefficient (Wildman–Crippen LogP) is 1.99. The molecule has 1 heterocycles. The number of hydrogen-bond donors (Lipinski definition) is 0. The molecule has 0 unspecified atom stereocenters. The van der Waals surface area contributed by atoms with Gasteiger partial charge in [0.25, 0.3) is 10.0 Å². The van der Waals surface area contributed by atoms with Gasteiger partial charge in [0, 0.05) is 38.3 Å². The van der Waals surface area contributed by atoms with Crippen LogP contribution in [0.25, 0.3) is 0 Å². The van der Waals surface area contributed by atoms with Crippen LogP contribution in [0.15, 0.2) is 34.1 Å². The highest BCUT2D eigenvalue weighted by atomic mass is 35.5. The van der Waals surface area contributed by atoms with Crippen LogP contribution in [0.3, 0.4) is 0 Å². The second kappa shape index (κ2) is 8.86. The van der Waals surface area contributed by atoms with Gasteiger partial charge in [0.05, 0.1) is 10.6 Å². The number of carbonyl (C=O) groups excluding carboxylic acids is 2. The van der Waals surface area contributed by atoms with Gasteiger partial charge < -0.3 is 0 Å². The number of Topliss-reactive ketones (excluding diaryl/α,β-unsaturated/α-hetero) is 1. The van der Waals surface area contributed by atoms with Gasteiger partial charge in [-0.15, -0.1) is 0 Å². The predicted molar refractivity (Wildman–Crippen MR) is 111 cm³/mol. The van der Waals surface area contributed by atoms with Gasteiger partial charge in [-0.25, -0.2) is 21.1 Å². The number of amides is 1. The second-order valence-corrected chi connectivity index (χ2v) is 10.8. The van der Waals surface area contributed by atoms with E-state index in [9.17, 15) is 26.4 Å². The zero-order valence-electron chi connectivity index (χ0n) is 16.9. The molecule has 1 aromatic carbocycles. The molecule has 0 saturated carbocycles. The minimum absolute atomic E-state index is 0.0714. The van der Waals surface area contributed by atoms with E-state index in [1.165, 1.54) is 49.8 Å². The van der Waals surface area contributed by atoms with Gasteiger partial charge in [0.2, 0.25) is 5.91 Å². The molecular weight excluding hydrogens is 454 g/mol. The zero-order valence-corrected chi connectivity index (χ0v) is 19.3. The number of rotatable bonds is 8. The summed E-state index contributed by atoms with van der Waals surface area (Å²) >= 11 is 6.04. The van der Waals surface area contributed by atoms with Gasteiger partial charge in [-0.2, -0.15) is 5.10 Å². The molecule has 12 heteroatoms. The quantitative estimate of drug-likeness (QED) is 0.534. The van der Waals surface area contributed by atoms with Crippen molar-refractivity contribution in [2.45, 2.75) is 36.5 Å². The van der Waals surface area contributed by atoms with Crippen molar-refractivity contribution in [3.8, 4) is 0 Å². The Morgan fingerprint density at radius 1 is 1.10 bits per heavy atom. The monoisotopic (exact) mass is 475 g/mol. The highest BCUT2D eigenvalue weighted by molar-refractivity contribution is 7.90.